The molecule has 2 aliphatic heterocycles. The molecule has 0 N–H and O–H groups in total. The van der Waals surface area contributed by atoms with Crippen LogP contribution in [0.4, 0.5) is 0 Å². The Morgan fingerprint density at radius 3 is 2.93 bits per heavy atom. The summed E-state index contributed by atoms with van der Waals surface area (Å²) in [6.07, 6.45) is 4.38. The van der Waals surface area contributed by atoms with E-state index in [0.29, 0.717) is 37.2 Å². The fraction of sp³-hybridized carbons (Fsp3) is 0.381. The van der Waals surface area contributed by atoms with Crippen LogP contribution in [0.3, 0.4) is 0 Å². The smallest absolute Gasteiger partial charge is 0.267 e. The Bertz CT molecular complexity index is 1030. The number of hydrogen-bond acceptors (Lipinski definition) is 7. The van der Waals surface area contributed by atoms with Gasteiger partial charge in [-0.25, -0.2) is 4.98 Å². The highest BCUT2D eigenvalue weighted by Crippen LogP contribution is 2.33. The summed E-state index contributed by atoms with van der Waals surface area (Å²) in [5.74, 6) is 0.894. The minimum atomic E-state index is -0.528. The van der Waals surface area contributed by atoms with Gasteiger partial charge >= 0.3 is 0 Å². The molecule has 5 rings (SSSR count). The summed E-state index contributed by atoms with van der Waals surface area (Å²) in [6.45, 7) is 3.62. The van der Waals surface area contributed by atoms with Gasteiger partial charge in [0, 0.05) is 19.3 Å². The van der Waals surface area contributed by atoms with Crippen molar-refractivity contribution < 1.29 is 13.9 Å². The Morgan fingerprint density at radius 2 is 2.07 bits per heavy atom. The Morgan fingerprint density at radius 1 is 1.17 bits per heavy atom. The third-order valence-corrected chi connectivity index (χ3v) is 5.51. The number of ether oxygens (including phenoxy) is 1. The maximum absolute atomic E-state index is 13.1. The highest BCUT2D eigenvalue weighted by molar-refractivity contribution is 5.83. The lowest BCUT2D eigenvalue weighted by Crippen LogP contribution is -2.36. The van der Waals surface area contributed by atoms with E-state index < -0.39 is 6.10 Å². The number of aromatic nitrogens is 4. The van der Waals surface area contributed by atoms with Crippen LogP contribution in [0.15, 0.2) is 41.1 Å². The zero-order valence-corrected chi connectivity index (χ0v) is 16.1. The molecule has 3 aromatic rings. The van der Waals surface area contributed by atoms with E-state index in [9.17, 15) is 4.79 Å². The van der Waals surface area contributed by atoms with E-state index in [0.717, 1.165) is 24.1 Å². The zero-order valence-electron chi connectivity index (χ0n) is 16.1. The van der Waals surface area contributed by atoms with Crippen LogP contribution in [0.25, 0.3) is 11.6 Å². The molecule has 4 heterocycles. The SMILES string of the molecule is Cc1cnc(-c2nnc([C@@H]3CCN(C(=O)[C@@H]4OCCc5ccccc54)C3)o2)cn1. The van der Waals surface area contributed by atoms with E-state index >= 15 is 0 Å². The lowest BCUT2D eigenvalue weighted by atomic mass is 9.97. The van der Waals surface area contributed by atoms with Gasteiger partial charge in [0.25, 0.3) is 11.8 Å². The van der Waals surface area contributed by atoms with E-state index in [1.165, 1.54) is 5.56 Å². The van der Waals surface area contributed by atoms with E-state index in [1.54, 1.807) is 12.4 Å². The molecule has 1 amide bonds. The fourth-order valence-corrected chi connectivity index (χ4v) is 3.93. The molecule has 1 aromatic carbocycles. The van der Waals surface area contributed by atoms with Crippen molar-refractivity contribution in [2.24, 2.45) is 0 Å². The number of nitrogens with zero attached hydrogens (tertiary/aromatic N) is 5. The standard InChI is InChI=1S/C21H21N5O3/c1-13-10-23-17(11-22-13)20-25-24-19(29-20)15-6-8-26(12-15)21(27)18-16-5-3-2-4-14(16)7-9-28-18/h2-5,10-11,15,18H,6-9,12H2,1H3/t15-,18-/m1/s1. The van der Waals surface area contributed by atoms with Gasteiger partial charge < -0.3 is 14.1 Å². The molecule has 148 valence electrons. The molecule has 0 saturated carbocycles. The lowest BCUT2D eigenvalue weighted by molar-refractivity contribution is -0.144. The largest absolute Gasteiger partial charge is 0.419 e. The van der Waals surface area contributed by atoms with Crippen LogP contribution < -0.4 is 0 Å². The lowest BCUT2D eigenvalue weighted by Gasteiger charge is -2.28. The van der Waals surface area contributed by atoms with E-state index in [4.69, 9.17) is 9.15 Å². The van der Waals surface area contributed by atoms with Crippen LogP contribution in [-0.4, -0.2) is 50.7 Å². The average molecular weight is 391 g/mol. The van der Waals surface area contributed by atoms with Crippen LogP contribution in [-0.2, 0) is 16.0 Å². The van der Waals surface area contributed by atoms with Gasteiger partial charge in [-0.3, -0.25) is 9.78 Å². The first kappa shape index (κ1) is 17.9. The first-order chi connectivity index (χ1) is 14.2. The molecule has 2 atom stereocenters. The maximum Gasteiger partial charge on any atom is 0.267 e. The van der Waals surface area contributed by atoms with Crippen molar-refractivity contribution in [3.63, 3.8) is 0 Å². The van der Waals surface area contributed by atoms with E-state index in [2.05, 4.69) is 26.2 Å². The zero-order chi connectivity index (χ0) is 19.8. The third kappa shape index (κ3) is 3.40. The summed E-state index contributed by atoms with van der Waals surface area (Å²) in [5, 5.41) is 8.29. The number of rotatable bonds is 3. The van der Waals surface area contributed by atoms with Crippen LogP contribution in [0.1, 0.15) is 41.2 Å². The second kappa shape index (κ2) is 7.36. The molecule has 1 fully saturated rings. The van der Waals surface area contributed by atoms with E-state index in [-0.39, 0.29) is 11.8 Å². The van der Waals surface area contributed by atoms with Gasteiger partial charge in [-0.15, -0.1) is 10.2 Å². The summed E-state index contributed by atoms with van der Waals surface area (Å²) in [7, 11) is 0. The molecule has 2 aromatic heterocycles. The Labute approximate surface area is 167 Å². The molecule has 0 radical (unpaired) electrons. The highest BCUT2D eigenvalue weighted by atomic mass is 16.5. The number of carbonyl (C=O) groups is 1. The van der Waals surface area contributed by atoms with Gasteiger partial charge in [-0.05, 0) is 30.9 Å². The number of amides is 1. The number of carbonyl (C=O) groups excluding carboxylic acids is 1. The van der Waals surface area contributed by atoms with Crippen LogP contribution in [0, 0.1) is 6.92 Å². The van der Waals surface area contributed by atoms with Gasteiger partial charge in [-0.1, -0.05) is 24.3 Å². The summed E-state index contributed by atoms with van der Waals surface area (Å²) in [4.78, 5) is 23.4. The third-order valence-electron chi connectivity index (χ3n) is 5.51. The first-order valence-corrected chi connectivity index (χ1v) is 9.79. The monoisotopic (exact) mass is 391 g/mol. The molecule has 0 aliphatic carbocycles. The summed E-state index contributed by atoms with van der Waals surface area (Å²) in [5.41, 5.74) is 3.54. The number of aryl methyl sites for hydroxylation is 1. The first-order valence-electron chi connectivity index (χ1n) is 9.79. The molecule has 2 aliphatic rings. The molecule has 0 unspecified atom stereocenters. The summed E-state index contributed by atoms with van der Waals surface area (Å²) >= 11 is 0. The van der Waals surface area contributed by atoms with Crippen molar-refractivity contribution in [3.8, 4) is 11.6 Å². The second-order valence-corrected chi connectivity index (χ2v) is 7.46. The molecule has 0 spiro atoms. The quantitative estimate of drug-likeness (QED) is 0.677. The predicted molar refractivity (Wildman–Crippen MR) is 103 cm³/mol. The Hall–Kier alpha value is -3.13. The van der Waals surface area contributed by atoms with Gasteiger partial charge in [0.05, 0.1) is 24.4 Å². The summed E-state index contributed by atoms with van der Waals surface area (Å²) in [6, 6.07) is 8.01. The van der Waals surface area contributed by atoms with Crippen molar-refractivity contribution in [1.82, 2.24) is 25.1 Å². The topological polar surface area (TPSA) is 94.2 Å². The predicted octanol–water partition coefficient (Wildman–Crippen LogP) is 2.46. The number of benzene rings is 1. The van der Waals surface area contributed by atoms with Crippen LogP contribution >= 0.6 is 0 Å². The molecular formula is C21H21N5O3. The second-order valence-electron chi connectivity index (χ2n) is 7.46. The van der Waals surface area contributed by atoms with Crippen molar-refractivity contribution in [1.29, 1.82) is 0 Å². The average Bonchev–Trinajstić information content (AvgIpc) is 3.43. The van der Waals surface area contributed by atoms with Crippen molar-refractivity contribution in [2.75, 3.05) is 19.7 Å². The maximum atomic E-state index is 13.1. The molecule has 8 nitrogen and oxygen atoms in total. The molecular weight excluding hydrogens is 370 g/mol. The van der Waals surface area contributed by atoms with Gasteiger partial charge in [0.2, 0.25) is 5.89 Å². The molecule has 29 heavy (non-hydrogen) atoms. The summed E-state index contributed by atoms with van der Waals surface area (Å²) < 4.78 is 11.7. The van der Waals surface area contributed by atoms with Gasteiger partial charge in [0.15, 0.2) is 6.10 Å². The minimum Gasteiger partial charge on any atom is -0.419 e. The fourth-order valence-electron chi connectivity index (χ4n) is 3.93. The van der Waals surface area contributed by atoms with Crippen molar-refractivity contribution >= 4 is 5.91 Å². The van der Waals surface area contributed by atoms with E-state index in [1.807, 2.05) is 30.0 Å². The van der Waals surface area contributed by atoms with Crippen molar-refractivity contribution in [3.05, 3.63) is 59.4 Å². The number of hydrogen-bond donors (Lipinski definition) is 0. The minimum absolute atomic E-state index is 0.00351. The Kier molecular flexibility index (Phi) is 4.55. The van der Waals surface area contributed by atoms with Crippen molar-refractivity contribution in [2.45, 2.75) is 31.8 Å². The Balaban J connectivity index is 1.30. The number of likely N-dealkylation sites (tertiary alicyclic amines) is 1. The molecule has 0 bridgehead atoms. The normalized spacial score (nSPS) is 21.2. The molecule has 1 saturated heterocycles. The number of fused-ring (bicyclic) bond motifs is 1. The van der Waals surface area contributed by atoms with Gasteiger partial charge in [-0.2, -0.15) is 0 Å². The van der Waals surface area contributed by atoms with Crippen LogP contribution in [0.2, 0.25) is 0 Å². The molecule has 8 heteroatoms. The van der Waals surface area contributed by atoms with Gasteiger partial charge in [0.1, 0.15) is 5.69 Å². The highest BCUT2D eigenvalue weighted by Gasteiger charge is 2.36. The van der Waals surface area contributed by atoms with Crippen LogP contribution in [0.5, 0.6) is 0 Å².